The van der Waals surface area contributed by atoms with Crippen molar-refractivity contribution in [3.8, 4) is 0 Å². The maximum Gasteiger partial charge on any atom is 0.407 e. The van der Waals surface area contributed by atoms with E-state index in [1.807, 2.05) is 20.8 Å². The summed E-state index contributed by atoms with van der Waals surface area (Å²) in [7, 11) is -1.32. The molecule has 1 amide bonds. The minimum atomic E-state index is -3.00. The molecule has 0 spiro atoms. The van der Waals surface area contributed by atoms with Gasteiger partial charge >= 0.3 is 6.09 Å². The topological polar surface area (TPSA) is 109 Å². The monoisotopic (exact) mass is 546 g/mol. The van der Waals surface area contributed by atoms with Crippen LogP contribution in [0.15, 0.2) is 4.99 Å². The largest absolute Gasteiger partial charge is 0.444 e. The van der Waals surface area contributed by atoms with Gasteiger partial charge in [0.1, 0.15) is 15.4 Å². The third-order valence-corrected chi connectivity index (χ3v) is 5.66. The lowest BCUT2D eigenvalue weighted by Crippen LogP contribution is -2.50. The summed E-state index contributed by atoms with van der Waals surface area (Å²) in [4.78, 5) is 16.2. The molecule has 1 rings (SSSR count). The van der Waals surface area contributed by atoms with Crippen molar-refractivity contribution in [2.75, 3.05) is 32.1 Å². The first-order valence-electron chi connectivity index (χ1n) is 10.00. The molecule has 29 heavy (non-hydrogen) atoms. The molecule has 172 valence electrons. The Balaban J connectivity index is 0.00000784. The van der Waals surface area contributed by atoms with Crippen LogP contribution < -0.4 is 16.0 Å². The standard InChI is InChI=1S/C19H38N4O4S.HI/c1-7-8-9-15(12-21-17(24)27-18(2,3)4)23-16(20-5)22-13-19(10-11-19)14-28(6,25)26;/h15H,7-14H2,1-6H3,(H,21,24)(H2,20,22,23);1H. The second kappa shape index (κ2) is 12.2. The summed E-state index contributed by atoms with van der Waals surface area (Å²) in [5.74, 6) is 0.815. The van der Waals surface area contributed by atoms with Gasteiger partial charge in [0, 0.05) is 37.8 Å². The smallest absolute Gasteiger partial charge is 0.407 e. The zero-order valence-electron chi connectivity index (χ0n) is 18.6. The van der Waals surface area contributed by atoms with Crippen LogP contribution in [0.3, 0.4) is 0 Å². The van der Waals surface area contributed by atoms with Crippen LogP contribution in [0.2, 0.25) is 0 Å². The van der Waals surface area contributed by atoms with Crippen LogP contribution in [0.5, 0.6) is 0 Å². The number of rotatable bonds is 10. The lowest BCUT2D eigenvalue weighted by atomic mass is 10.1. The molecular weight excluding hydrogens is 507 g/mol. The van der Waals surface area contributed by atoms with Gasteiger partial charge < -0.3 is 20.7 Å². The van der Waals surface area contributed by atoms with Gasteiger partial charge in [0.25, 0.3) is 0 Å². The fourth-order valence-corrected chi connectivity index (χ4v) is 4.46. The van der Waals surface area contributed by atoms with Gasteiger partial charge in [0.2, 0.25) is 0 Å². The van der Waals surface area contributed by atoms with Crippen molar-refractivity contribution in [2.45, 2.75) is 71.4 Å². The summed E-state index contributed by atoms with van der Waals surface area (Å²) >= 11 is 0. The van der Waals surface area contributed by atoms with Crippen LogP contribution in [0.25, 0.3) is 0 Å². The number of nitrogens with one attached hydrogen (secondary N) is 3. The predicted molar refractivity (Wildman–Crippen MR) is 129 cm³/mol. The molecule has 1 unspecified atom stereocenters. The van der Waals surface area contributed by atoms with Gasteiger partial charge in [-0.1, -0.05) is 19.8 Å². The molecule has 0 aromatic carbocycles. The van der Waals surface area contributed by atoms with E-state index >= 15 is 0 Å². The molecule has 3 N–H and O–H groups in total. The van der Waals surface area contributed by atoms with E-state index < -0.39 is 21.5 Å². The average molecular weight is 547 g/mol. The third-order valence-electron chi connectivity index (χ3n) is 4.52. The number of sulfone groups is 1. The molecule has 0 saturated heterocycles. The number of carbonyl (C=O) groups is 1. The SMILES string of the molecule is CCCCC(CNC(=O)OC(C)(C)C)NC(=NC)NCC1(CS(C)(=O)=O)CC1.I. The van der Waals surface area contributed by atoms with E-state index in [1.54, 1.807) is 7.05 Å². The number of hydrogen-bond donors (Lipinski definition) is 3. The second-order valence-corrected chi connectivity index (χ2v) is 11.0. The molecule has 0 aromatic rings. The Bertz CT molecular complexity index is 643. The highest BCUT2D eigenvalue weighted by Gasteiger charge is 2.45. The summed E-state index contributed by atoms with van der Waals surface area (Å²) in [6.07, 6.45) is 5.60. The van der Waals surface area contributed by atoms with Crippen LogP contribution in [0, 0.1) is 5.41 Å². The first-order valence-corrected chi connectivity index (χ1v) is 12.1. The van der Waals surface area contributed by atoms with E-state index in [4.69, 9.17) is 4.74 Å². The van der Waals surface area contributed by atoms with Gasteiger partial charge in [-0.3, -0.25) is 4.99 Å². The van der Waals surface area contributed by atoms with Crippen molar-refractivity contribution < 1.29 is 17.9 Å². The van der Waals surface area contributed by atoms with Crippen LogP contribution in [-0.2, 0) is 14.6 Å². The number of amides is 1. The van der Waals surface area contributed by atoms with Crippen molar-refractivity contribution in [2.24, 2.45) is 10.4 Å². The molecule has 1 aliphatic carbocycles. The molecule has 0 aliphatic heterocycles. The molecule has 1 fully saturated rings. The normalized spacial score (nSPS) is 17.0. The van der Waals surface area contributed by atoms with Gasteiger partial charge in [-0.05, 0) is 40.0 Å². The number of aliphatic imine (C=N–C) groups is 1. The number of unbranched alkanes of at least 4 members (excludes halogenated alkanes) is 1. The minimum absolute atomic E-state index is 0. The molecular formula is C19H39IN4O4S. The molecule has 0 aromatic heterocycles. The van der Waals surface area contributed by atoms with E-state index in [-0.39, 0.29) is 41.2 Å². The zero-order chi connectivity index (χ0) is 21.4. The number of hydrogen-bond acceptors (Lipinski definition) is 5. The summed E-state index contributed by atoms with van der Waals surface area (Å²) in [6, 6.07) is 0.00345. The summed E-state index contributed by atoms with van der Waals surface area (Å²) < 4.78 is 28.5. The van der Waals surface area contributed by atoms with Gasteiger partial charge in [0.05, 0.1) is 5.75 Å². The number of ether oxygens (including phenoxy) is 1. The Morgan fingerprint density at radius 1 is 1.24 bits per heavy atom. The fraction of sp³-hybridized carbons (Fsp3) is 0.895. The zero-order valence-corrected chi connectivity index (χ0v) is 21.8. The lowest BCUT2D eigenvalue weighted by Gasteiger charge is -2.25. The van der Waals surface area contributed by atoms with E-state index in [2.05, 4.69) is 27.9 Å². The van der Waals surface area contributed by atoms with E-state index in [1.165, 1.54) is 6.26 Å². The highest BCUT2D eigenvalue weighted by Crippen LogP contribution is 2.45. The maximum absolute atomic E-state index is 11.9. The van der Waals surface area contributed by atoms with E-state index in [9.17, 15) is 13.2 Å². The molecule has 10 heteroatoms. The van der Waals surface area contributed by atoms with Gasteiger partial charge in [0.15, 0.2) is 5.96 Å². The third kappa shape index (κ3) is 13.2. The summed E-state index contributed by atoms with van der Waals surface area (Å²) in [5, 5.41) is 9.40. The molecule has 1 saturated carbocycles. The number of carbonyl (C=O) groups excluding carboxylic acids is 1. The predicted octanol–water partition coefficient (Wildman–Crippen LogP) is 2.68. The van der Waals surface area contributed by atoms with Crippen molar-refractivity contribution in [3.05, 3.63) is 0 Å². The van der Waals surface area contributed by atoms with Crippen molar-refractivity contribution in [1.82, 2.24) is 16.0 Å². The highest BCUT2D eigenvalue weighted by molar-refractivity contribution is 14.0. The molecule has 0 heterocycles. The number of nitrogens with zero attached hydrogens (tertiary/aromatic N) is 1. The Kier molecular flexibility index (Phi) is 11.8. The van der Waals surface area contributed by atoms with Gasteiger partial charge in [-0.15, -0.1) is 24.0 Å². The first-order chi connectivity index (χ1) is 12.9. The number of guanidine groups is 1. The van der Waals surface area contributed by atoms with Crippen LogP contribution in [0.1, 0.15) is 59.8 Å². The average Bonchev–Trinajstić information content (AvgIpc) is 3.29. The Morgan fingerprint density at radius 3 is 2.31 bits per heavy atom. The first kappa shape index (κ1) is 28.2. The van der Waals surface area contributed by atoms with Crippen molar-refractivity contribution in [1.29, 1.82) is 0 Å². The van der Waals surface area contributed by atoms with Gasteiger partial charge in [-0.2, -0.15) is 0 Å². The van der Waals surface area contributed by atoms with Crippen LogP contribution >= 0.6 is 24.0 Å². The fourth-order valence-electron chi connectivity index (χ4n) is 2.96. The molecule has 0 radical (unpaired) electrons. The maximum atomic E-state index is 11.9. The molecule has 1 atom stereocenters. The summed E-state index contributed by atoms with van der Waals surface area (Å²) in [5.41, 5.74) is -0.717. The lowest BCUT2D eigenvalue weighted by molar-refractivity contribution is 0.0522. The van der Waals surface area contributed by atoms with E-state index in [0.717, 1.165) is 32.1 Å². The van der Waals surface area contributed by atoms with Crippen LogP contribution in [-0.4, -0.2) is 64.3 Å². The minimum Gasteiger partial charge on any atom is -0.444 e. The Morgan fingerprint density at radius 2 is 1.86 bits per heavy atom. The van der Waals surface area contributed by atoms with Gasteiger partial charge in [-0.25, -0.2) is 13.2 Å². The number of halogens is 1. The quantitative estimate of drug-likeness (QED) is 0.221. The molecule has 0 bridgehead atoms. The van der Waals surface area contributed by atoms with E-state index in [0.29, 0.717) is 19.0 Å². The Labute approximate surface area is 193 Å². The van der Waals surface area contributed by atoms with Crippen molar-refractivity contribution >= 4 is 45.9 Å². The Hall–Kier alpha value is -0.780. The summed E-state index contributed by atoms with van der Waals surface area (Å²) in [6.45, 7) is 8.59. The molecule has 8 nitrogen and oxygen atoms in total. The van der Waals surface area contributed by atoms with Crippen LogP contribution in [0.4, 0.5) is 4.79 Å². The highest BCUT2D eigenvalue weighted by atomic mass is 127. The number of alkyl carbamates (subject to hydrolysis) is 1. The molecule has 1 aliphatic rings. The second-order valence-electron chi connectivity index (χ2n) is 8.86. The van der Waals surface area contributed by atoms with Crippen molar-refractivity contribution in [3.63, 3.8) is 0 Å².